The highest BCUT2D eigenvalue weighted by atomic mass is 16.4. The van der Waals surface area contributed by atoms with Gasteiger partial charge in [-0.1, -0.05) is 0 Å². The van der Waals surface area contributed by atoms with Crippen LogP contribution in [0.3, 0.4) is 0 Å². The second-order valence-corrected chi connectivity index (χ2v) is 4.57. The molecule has 1 aromatic heterocycles. The molecule has 2 rings (SSSR count). The van der Waals surface area contributed by atoms with Crippen LogP contribution >= 0.6 is 0 Å². The van der Waals surface area contributed by atoms with Crippen LogP contribution in [0.15, 0.2) is 16.7 Å². The van der Waals surface area contributed by atoms with Crippen molar-refractivity contribution in [2.24, 2.45) is 0 Å². The van der Waals surface area contributed by atoms with Gasteiger partial charge in [-0.15, -0.1) is 0 Å². The second kappa shape index (κ2) is 3.91. The minimum Gasteiger partial charge on any atom is -0.480 e. The molecule has 2 heterocycles. The van der Waals surface area contributed by atoms with Crippen LogP contribution in [0.4, 0.5) is 0 Å². The Kier molecular flexibility index (Phi) is 2.69. The van der Waals surface area contributed by atoms with Crippen LogP contribution < -0.4 is 0 Å². The van der Waals surface area contributed by atoms with E-state index < -0.39 is 11.5 Å². The number of nitrogens with zero attached hydrogens (tertiary/aromatic N) is 1. The smallest absolute Gasteiger partial charge is 0.329 e. The second-order valence-electron chi connectivity index (χ2n) is 4.57. The number of hydrogen-bond acceptors (Lipinski definition) is 3. The molecule has 1 atom stereocenters. The third-order valence-corrected chi connectivity index (χ3v) is 3.40. The van der Waals surface area contributed by atoms with Crippen LogP contribution in [-0.4, -0.2) is 34.0 Å². The van der Waals surface area contributed by atoms with E-state index in [1.165, 1.54) is 11.2 Å². The van der Waals surface area contributed by atoms with Crippen molar-refractivity contribution in [1.29, 1.82) is 0 Å². The molecule has 0 radical (unpaired) electrons. The average molecular weight is 237 g/mol. The molecule has 5 heteroatoms. The zero-order valence-electron chi connectivity index (χ0n) is 9.90. The summed E-state index contributed by atoms with van der Waals surface area (Å²) in [5.74, 6) is -1.07. The quantitative estimate of drug-likeness (QED) is 0.849. The number of aryl methyl sites for hydroxylation is 1. The molecule has 0 aliphatic carbocycles. The van der Waals surface area contributed by atoms with E-state index in [2.05, 4.69) is 0 Å². The van der Waals surface area contributed by atoms with Gasteiger partial charge in [0.25, 0.3) is 5.91 Å². The molecule has 1 unspecified atom stereocenters. The SMILES string of the molecule is Cc1ccoc1C(=O)N1CCCC1(C)C(=O)O. The van der Waals surface area contributed by atoms with E-state index >= 15 is 0 Å². The zero-order chi connectivity index (χ0) is 12.6. The van der Waals surface area contributed by atoms with E-state index in [1.54, 1.807) is 19.9 Å². The molecule has 1 aromatic rings. The van der Waals surface area contributed by atoms with Crippen molar-refractivity contribution >= 4 is 11.9 Å². The number of likely N-dealkylation sites (tertiary alicyclic amines) is 1. The van der Waals surface area contributed by atoms with E-state index in [0.717, 1.165) is 5.56 Å². The third-order valence-electron chi connectivity index (χ3n) is 3.40. The molecule has 1 amide bonds. The van der Waals surface area contributed by atoms with Crippen LogP contribution in [0.25, 0.3) is 0 Å². The van der Waals surface area contributed by atoms with Gasteiger partial charge in [0.15, 0.2) is 5.76 Å². The highest BCUT2D eigenvalue weighted by Gasteiger charge is 2.46. The van der Waals surface area contributed by atoms with Gasteiger partial charge in [0.2, 0.25) is 0 Å². The van der Waals surface area contributed by atoms with Crippen LogP contribution in [0, 0.1) is 6.92 Å². The van der Waals surface area contributed by atoms with Crippen LogP contribution in [0.5, 0.6) is 0 Å². The first-order chi connectivity index (χ1) is 7.97. The highest BCUT2D eigenvalue weighted by Crippen LogP contribution is 2.31. The standard InChI is InChI=1S/C12H15NO4/c1-8-4-7-17-9(8)10(14)13-6-3-5-12(13,2)11(15)16/h4,7H,3,5-6H2,1-2H3,(H,15,16). The van der Waals surface area contributed by atoms with Crippen molar-refractivity contribution in [3.63, 3.8) is 0 Å². The van der Waals surface area contributed by atoms with Crippen LogP contribution in [0.2, 0.25) is 0 Å². The van der Waals surface area contributed by atoms with E-state index in [1.807, 2.05) is 0 Å². The van der Waals surface area contributed by atoms with Gasteiger partial charge in [0.05, 0.1) is 6.26 Å². The van der Waals surface area contributed by atoms with Crippen molar-refractivity contribution in [1.82, 2.24) is 4.90 Å². The lowest BCUT2D eigenvalue weighted by molar-refractivity contribution is -0.147. The Morgan fingerprint density at radius 1 is 1.53 bits per heavy atom. The maximum Gasteiger partial charge on any atom is 0.329 e. The summed E-state index contributed by atoms with van der Waals surface area (Å²) >= 11 is 0. The molecule has 1 N–H and O–H groups in total. The maximum atomic E-state index is 12.2. The lowest BCUT2D eigenvalue weighted by atomic mass is 9.99. The van der Waals surface area contributed by atoms with Gasteiger partial charge in [0.1, 0.15) is 5.54 Å². The predicted molar refractivity (Wildman–Crippen MR) is 59.8 cm³/mol. The third kappa shape index (κ3) is 1.71. The highest BCUT2D eigenvalue weighted by molar-refractivity contribution is 5.97. The Hall–Kier alpha value is -1.78. The Labute approximate surface area is 99.0 Å². The molecule has 0 saturated carbocycles. The van der Waals surface area contributed by atoms with Gasteiger partial charge in [0, 0.05) is 12.1 Å². The van der Waals surface area contributed by atoms with Crippen molar-refractivity contribution in [3.05, 3.63) is 23.7 Å². The summed E-state index contributed by atoms with van der Waals surface area (Å²) in [5, 5.41) is 9.23. The van der Waals surface area contributed by atoms with Crippen molar-refractivity contribution in [2.75, 3.05) is 6.54 Å². The molecule has 1 saturated heterocycles. The number of hydrogen-bond donors (Lipinski definition) is 1. The summed E-state index contributed by atoms with van der Waals surface area (Å²) in [4.78, 5) is 24.9. The monoisotopic (exact) mass is 237 g/mol. The van der Waals surface area contributed by atoms with Gasteiger partial charge >= 0.3 is 5.97 Å². The van der Waals surface area contributed by atoms with Crippen molar-refractivity contribution < 1.29 is 19.1 Å². The molecule has 0 spiro atoms. The predicted octanol–water partition coefficient (Wildman–Crippen LogP) is 1.67. The van der Waals surface area contributed by atoms with Gasteiger partial charge in [-0.3, -0.25) is 4.79 Å². The molecule has 0 bridgehead atoms. The molecular formula is C12H15NO4. The maximum absolute atomic E-state index is 12.2. The number of carboxylic acids is 1. The number of rotatable bonds is 2. The topological polar surface area (TPSA) is 70.8 Å². The van der Waals surface area contributed by atoms with Crippen molar-refractivity contribution in [3.8, 4) is 0 Å². The first kappa shape index (κ1) is 11.7. The van der Waals surface area contributed by atoms with Gasteiger partial charge in [-0.2, -0.15) is 0 Å². The van der Waals surface area contributed by atoms with Gasteiger partial charge in [-0.05, 0) is 32.8 Å². The minimum absolute atomic E-state index is 0.236. The molecular weight excluding hydrogens is 222 g/mol. The molecule has 0 aromatic carbocycles. The lowest BCUT2D eigenvalue weighted by Gasteiger charge is -2.30. The number of furan rings is 1. The summed E-state index contributed by atoms with van der Waals surface area (Å²) in [6.45, 7) is 3.81. The summed E-state index contributed by atoms with van der Waals surface area (Å²) < 4.78 is 5.13. The fourth-order valence-corrected chi connectivity index (χ4v) is 2.23. The summed E-state index contributed by atoms with van der Waals surface area (Å²) in [5.41, 5.74) is -0.384. The normalized spacial score (nSPS) is 24.0. The Morgan fingerprint density at radius 2 is 2.24 bits per heavy atom. The molecule has 92 valence electrons. The number of aliphatic carboxylic acids is 1. The zero-order valence-corrected chi connectivity index (χ0v) is 9.90. The number of carbonyl (C=O) groups excluding carboxylic acids is 1. The number of carboxylic acid groups (broad SMARTS) is 1. The largest absolute Gasteiger partial charge is 0.480 e. The molecule has 1 aliphatic rings. The summed E-state index contributed by atoms with van der Waals surface area (Å²) in [6, 6.07) is 1.70. The van der Waals surface area contributed by atoms with E-state index in [-0.39, 0.29) is 11.7 Å². The van der Waals surface area contributed by atoms with Crippen LogP contribution in [0.1, 0.15) is 35.9 Å². The first-order valence-electron chi connectivity index (χ1n) is 5.56. The summed E-state index contributed by atoms with van der Waals surface area (Å²) in [7, 11) is 0. The Bertz CT molecular complexity index is 465. The fourth-order valence-electron chi connectivity index (χ4n) is 2.23. The Morgan fingerprint density at radius 3 is 2.76 bits per heavy atom. The molecule has 1 fully saturated rings. The van der Waals surface area contributed by atoms with E-state index in [4.69, 9.17) is 4.42 Å². The van der Waals surface area contributed by atoms with Crippen LogP contribution in [-0.2, 0) is 4.79 Å². The Balaban J connectivity index is 2.32. The molecule has 1 aliphatic heterocycles. The van der Waals surface area contributed by atoms with Gasteiger partial charge < -0.3 is 14.4 Å². The minimum atomic E-state index is -1.11. The van der Waals surface area contributed by atoms with E-state index in [0.29, 0.717) is 19.4 Å². The van der Waals surface area contributed by atoms with E-state index in [9.17, 15) is 14.7 Å². The average Bonchev–Trinajstić information content (AvgIpc) is 2.84. The molecule has 17 heavy (non-hydrogen) atoms. The summed E-state index contributed by atoms with van der Waals surface area (Å²) in [6.07, 6.45) is 2.62. The molecule has 5 nitrogen and oxygen atoms in total. The lowest BCUT2D eigenvalue weighted by Crippen LogP contribution is -2.50. The fraction of sp³-hybridized carbons (Fsp3) is 0.500. The number of carbonyl (C=O) groups is 2. The first-order valence-corrected chi connectivity index (χ1v) is 5.56. The van der Waals surface area contributed by atoms with Gasteiger partial charge in [-0.25, -0.2) is 4.79 Å². The van der Waals surface area contributed by atoms with Crippen molar-refractivity contribution in [2.45, 2.75) is 32.2 Å². The number of amides is 1.